The van der Waals surface area contributed by atoms with Crippen molar-refractivity contribution in [3.05, 3.63) is 35.6 Å². The van der Waals surface area contributed by atoms with Gasteiger partial charge in [-0.2, -0.15) is 11.8 Å². The molecule has 0 saturated heterocycles. The van der Waals surface area contributed by atoms with E-state index < -0.39 is 12.1 Å². The molecule has 21 heavy (non-hydrogen) atoms. The highest BCUT2D eigenvalue weighted by Gasteiger charge is 2.23. The molecule has 3 N–H and O–H groups in total. The minimum absolute atomic E-state index is 0.141. The molecule has 0 saturated carbocycles. The van der Waals surface area contributed by atoms with E-state index in [4.69, 9.17) is 5.73 Å². The van der Waals surface area contributed by atoms with E-state index in [2.05, 4.69) is 5.32 Å². The van der Waals surface area contributed by atoms with E-state index in [1.54, 1.807) is 37.0 Å². The Morgan fingerprint density at radius 3 is 2.67 bits per heavy atom. The molecule has 116 valence electrons. The van der Waals surface area contributed by atoms with Crippen molar-refractivity contribution in [2.75, 3.05) is 19.1 Å². The molecule has 1 unspecified atom stereocenters. The van der Waals surface area contributed by atoms with Crippen molar-refractivity contribution in [3.8, 4) is 0 Å². The average Bonchev–Trinajstić information content (AvgIpc) is 2.44. The number of halogens is 1. The maximum atomic E-state index is 13.6. The summed E-state index contributed by atoms with van der Waals surface area (Å²) in [6, 6.07) is 4.85. The van der Waals surface area contributed by atoms with Gasteiger partial charge in [0.05, 0.1) is 0 Å². The van der Waals surface area contributed by atoms with E-state index in [-0.39, 0.29) is 18.3 Å². The number of carbonyl (C=O) groups is 2. The minimum atomic E-state index is -0.742. The monoisotopic (exact) mass is 313 g/mol. The first kappa shape index (κ1) is 17.3. The minimum Gasteiger partial charge on any atom is -0.352 e. The summed E-state index contributed by atoms with van der Waals surface area (Å²) >= 11 is 1.57. The maximum absolute atomic E-state index is 13.6. The van der Waals surface area contributed by atoms with E-state index in [0.29, 0.717) is 17.7 Å². The van der Waals surface area contributed by atoms with Gasteiger partial charge in [0.2, 0.25) is 5.91 Å². The number of nitrogens with zero attached hydrogens (tertiary/aromatic N) is 1. The van der Waals surface area contributed by atoms with Gasteiger partial charge in [-0.25, -0.2) is 9.18 Å². The van der Waals surface area contributed by atoms with Crippen LogP contribution in [0.15, 0.2) is 24.3 Å². The number of hydrogen-bond donors (Lipinski definition) is 2. The third kappa shape index (κ3) is 5.63. The Bertz CT molecular complexity index is 499. The Morgan fingerprint density at radius 1 is 1.43 bits per heavy atom. The second-order valence-corrected chi connectivity index (χ2v) is 5.61. The summed E-state index contributed by atoms with van der Waals surface area (Å²) in [4.78, 5) is 24.7. The fourth-order valence-electron chi connectivity index (χ4n) is 1.89. The molecule has 0 radical (unpaired) electrons. The van der Waals surface area contributed by atoms with Crippen LogP contribution in [0.3, 0.4) is 0 Å². The average molecular weight is 313 g/mol. The summed E-state index contributed by atoms with van der Waals surface area (Å²) in [5.74, 6) is 0.0660. The number of primary amides is 1. The van der Waals surface area contributed by atoms with Crippen molar-refractivity contribution < 1.29 is 14.0 Å². The van der Waals surface area contributed by atoms with E-state index in [0.717, 1.165) is 0 Å². The van der Waals surface area contributed by atoms with Crippen molar-refractivity contribution in [2.45, 2.75) is 19.0 Å². The molecular formula is C14H20FN3O2S. The van der Waals surface area contributed by atoms with Gasteiger partial charge in [0.25, 0.3) is 0 Å². The number of nitrogens with two attached hydrogens (primary N) is 1. The van der Waals surface area contributed by atoms with Gasteiger partial charge in [0, 0.05) is 19.2 Å². The molecule has 1 atom stereocenters. The second kappa shape index (κ2) is 8.51. The van der Waals surface area contributed by atoms with Crippen molar-refractivity contribution >= 4 is 23.7 Å². The van der Waals surface area contributed by atoms with Crippen molar-refractivity contribution in [3.63, 3.8) is 0 Å². The Hall–Kier alpha value is -1.76. The van der Waals surface area contributed by atoms with Gasteiger partial charge in [-0.15, -0.1) is 0 Å². The van der Waals surface area contributed by atoms with Gasteiger partial charge >= 0.3 is 6.03 Å². The molecule has 0 bridgehead atoms. The molecule has 1 aromatic rings. The van der Waals surface area contributed by atoms with Crippen LogP contribution in [-0.4, -0.2) is 41.9 Å². The van der Waals surface area contributed by atoms with Crippen LogP contribution in [-0.2, 0) is 11.3 Å². The lowest BCUT2D eigenvalue weighted by molar-refractivity contribution is -0.132. The number of thioether (sulfide) groups is 1. The van der Waals surface area contributed by atoms with Crippen LogP contribution in [0.25, 0.3) is 0 Å². The first-order valence-electron chi connectivity index (χ1n) is 6.49. The molecule has 3 amide bonds. The fraction of sp³-hybridized carbons (Fsp3) is 0.429. The van der Waals surface area contributed by atoms with Gasteiger partial charge in [-0.05, 0) is 24.5 Å². The summed E-state index contributed by atoms with van der Waals surface area (Å²) in [5, 5.41) is 2.44. The highest BCUT2D eigenvalue weighted by molar-refractivity contribution is 7.98. The number of hydrogen-bond acceptors (Lipinski definition) is 3. The maximum Gasteiger partial charge on any atom is 0.312 e. The lowest BCUT2D eigenvalue weighted by Gasteiger charge is -2.24. The number of benzene rings is 1. The van der Waals surface area contributed by atoms with Crippen LogP contribution in [0.5, 0.6) is 0 Å². The van der Waals surface area contributed by atoms with Gasteiger partial charge in [0.15, 0.2) is 0 Å². The number of amides is 3. The first-order chi connectivity index (χ1) is 9.95. The third-order valence-corrected chi connectivity index (χ3v) is 3.61. The molecule has 5 nitrogen and oxygen atoms in total. The largest absolute Gasteiger partial charge is 0.352 e. The Kier molecular flexibility index (Phi) is 7.01. The molecule has 0 spiro atoms. The number of rotatable bonds is 7. The summed E-state index contributed by atoms with van der Waals surface area (Å²) in [7, 11) is 1.57. The smallest absolute Gasteiger partial charge is 0.312 e. The van der Waals surface area contributed by atoms with Gasteiger partial charge in [0.1, 0.15) is 11.9 Å². The predicted molar refractivity (Wildman–Crippen MR) is 82.4 cm³/mol. The molecule has 0 heterocycles. The molecule has 0 aliphatic heterocycles. The zero-order valence-electron chi connectivity index (χ0n) is 12.1. The SMILES string of the molecule is CSCCC(NC(N)=O)C(=O)N(C)Cc1ccccc1F. The summed E-state index contributed by atoms with van der Waals surface area (Å²) < 4.78 is 13.6. The van der Waals surface area contributed by atoms with E-state index in [9.17, 15) is 14.0 Å². The molecule has 0 fully saturated rings. The molecule has 0 aliphatic carbocycles. The Morgan fingerprint density at radius 2 is 2.10 bits per heavy atom. The zero-order valence-corrected chi connectivity index (χ0v) is 13.0. The Balaban J connectivity index is 2.73. The highest BCUT2D eigenvalue weighted by atomic mass is 32.2. The summed E-state index contributed by atoms with van der Waals surface area (Å²) in [6.07, 6.45) is 2.39. The van der Waals surface area contributed by atoms with Crippen LogP contribution in [0, 0.1) is 5.82 Å². The topological polar surface area (TPSA) is 75.4 Å². The lowest BCUT2D eigenvalue weighted by Crippen LogP contribution is -2.49. The third-order valence-electron chi connectivity index (χ3n) is 2.97. The number of carbonyl (C=O) groups excluding carboxylic acids is 2. The molecule has 7 heteroatoms. The van der Waals surface area contributed by atoms with Crippen LogP contribution in [0.2, 0.25) is 0 Å². The first-order valence-corrected chi connectivity index (χ1v) is 7.88. The van der Waals surface area contributed by atoms with Gasteiger partial charge < -0.3 is 16.0 Å². The van der Waals surface area contributed by atoms with Crippen LogP contribution in [0.1, 0.15) is 12.0 Å². The van der Waals surface area contributed by atoms with E-state index in [1.165, 1.54) is 11.0 Å². The quantitative estimate of drug-likeness (QED) is 0.802. The number of nitrogens with one attached hydrogen (secondary N) is 1. The predicted octanol–water partition coefficient (Wildman–Crippen LogP) is 1.57. The fourth-order valence-corrected chi connectivity index (χ4v) is 2.36. The van der Waals surface area contributed by atoms with Crippen LogP contribution >= 0.6 is 11.8 Å². The molecule has 0 aliphatic rings. The normalized spacial score (nSPS) is 11.8. The molecule has 1 rings (SSSR count). The lowest BCUT2D eigenvalue weighted by atomic mass is 10.1. The standard InChI is InChI=1S/C14H20FN3O2S/c1-18(9-10-5-3-4-6-11(10)15)13(19)12(7-8-21-2)17-14(16)20/h3-6,12H,7-9H2,1-2H3,(H3,16,17,20). The van der Waals surface area contributed by atoms with Crippen molar-refractivity contribution in [1.29, 1.82) is 0 Å². The van der Waals surface area contributed by atoms with Gasteiger partial charge in [-0.1, -0.05) is 18.2 Å². The molecule has 1 aromatic carbocycles. The molecular weight excluding hydrogens is 293 g/mol. The van der Waals surface area contributed by atoms with E-state index >= 15 is 0 Å². The number of urea groups is 1. The van der Waals surface area contributed by atoms with Crippen LogP contribution < -0.4 is 11.1 Å². The van der Waals surface area contributed by atoms with Crippen LogP contribution in [0.4, 0.5) is 9.18 Å². The van der Waals surface area contributed by atoms with Gasteiger partial charge in [-0.3, -0.25) is 4.79 Å². The van der Waals surface area contributed by atoms with E-state index in [1.807, 2.05) is 6.26 Å². The second-order valence-electron chi connectivity index (χ2n) is 4.63. The van der Waals surface area contributed by atoms with Crippen molar-refractivity contribution in [2.24, 2.45) is 5.73 Å². The number of likely N-dealkylation sites (N-methyl/N-ethyl adjacent to an activating group) is 1. The highest BCUT2D eigenvalue weighted by Crippen LogP contribution is 2.11. The summed E-state index contributed by atoms with van der Waals surface area (Å²) in [6.45, 7) is 0.141. The molecule has 0 aromatic heterocycles. The zero-order chi connectivity index (χ0) is 15.8. The summed E-state index contributed by atoms with van der Waals surface area (Å²) in [5.41, 5.74) is 5.52. The van der Waals surface area contributed by atoms with Crippen molar-refractivity contribution in [1.82, 2.24) is 10.2 Å². The Labute approximate surface area is 128 Å².